The molecule has 5 nitrogen and oxygen atoms in total. The number of nitrogens with zero attached hydrogens (tertiary/aromatic N) is 1. The summed E-state index contributed by atoms with van der Waals surface area (Å²) in [5.41, 5.74) is 2.23. The molecule has 30 heavy (non-hydrogen) atoms. The van der Waals surface area contributed by atoms with Gasteiger partial charge < -0.3 is 16.0 Å². The van der Waals surface area contributed by atoms with Crippen LogP contribution in [0.15, 0.2) is 53.5 Å². The fourth-order valence-electron chi connectivity index (χ4n) is 2.75. The van der Waals surface area contributed by atoms with Crippen molar-refractivity contribution in [3.8, 4) is 0 Å². The first kappa shape index (κ1) is 25.9. The van der Waals surface area contributed by atoms with Crippen molar-refractivity contribution in [3.63, 3.8) is 0 Å². The van der Waals surface area contributed by atoms with Gasteiger partial charge in [-0.1, -0.05) is 24.3 Å². The van der Waals surface area contributed by atoms with Crippen molar-refractivity contribution in [1.82, 2.24) is 16.0 Å². The van der Waals surface area contributed by atoms with E-state index in [0.29, 0.717) is 31.0 Å². The van der Waals surface area contributed by atoms with Gasteiger partial charge in [-0.2, -0.15) is 0 Å². The number of aliphatic imine (C=N–C) groups is 1. The van der Waals surface area contributed by atoms with Gasteiger partial charge in [-0.15, -0.1) is 24.0 Å². The SMILES string of the molecule is CCNC(=NCc1cccc(C(=O)NC(C)(C)C)c1)NCCc1cccc(F)c1.I. The fraction of sp³-hybridized carbons (Fsp3) is 0.391. The Morgan fingerprint density at radius 1 is 1.03 bits per heavy atom. The van der Waals surface area contributed by atoms with E-state index in [1.807, 2.05) is 52.0 Å². The summed E-state index contributed by atoms with van der Waals surface area (Å²) in [7, 11) is 0. The molecule has 0 saturated heterocycles. The minimum absolute atomic E-state index is 0. The van der Waals surface area contributed by atoms with E-state index < -0.39 is 0 Å². The van der Waals surface area contributed by atoms with Gasteiger partial charge >= 0.3 is 0 Å². The van der Waals surface area contributed by atoms with Crippen LogP contribution in [0.1, 0.15) is 49.2 Å². The van der Waals surface area contributed by atoms with Gasteiger partial charge in [0.2, 0.25) is 0 Å². The van der Waals surface area contributed by atoms with E-state index in [0.717, 1.165) is 17.7 Å². The summed E-state index contributed by atoms with van der Waals surface area (Å²) in [4.78, 5) is 17.0. The summed E-state index contributed by atoms with van der Waals surface area (Å²) in [6, 6.07) is 14.1. The number of nitrogens with one attached hydrogen (secondary N) is 3. The van der Waals surface area contributed by atoms with Gasteiger partial charge in [-0.3, -0.25) is 4.79 Å². The molecule has 0 atom stereocenters. The maximum atomic E-state index is 13.3. The summed E-state index contributed by atoms with van der Waals surface area (Å²) >= 11 is 0. The maximum Gasteiger partial charge on any atom is 0.251 e. The Balaban J connectivity index is 0.00000450. The van der Waals surface area contributed by atoms with Crippen LogP contribution in [0, 0.1) is 5.82 Å². The molecule has 1 amide bonds. The molecule has 0 radical (unpaired) electrons. The smallest absolute Gasteiger partial charge is 0.251 e. The number of carbonyl (C=O) groups excluding carboxylic acids is 1. The van der Waals surface area contributed by atoms with Gasteiger partial charge in [0.15, 0.2) is 5.96 Å². The van der Waals surface area contributed by atoms with Gasteiger partial charge in [0, 0.05) is 24.2 Å². The number of halogens is 2. The number of carbonyl (C=O) groups is 1. The molecule has 0 spiro atoms. The van der Waals surface area contributed by atoms with Crippen LogP contribution >= 0.6 is 24.0 Å². The average molecular weight is 526 g/mol. The number of amides is 1. The molecule has 0 heterocycles. The first-order valence-electron chi connectivity index (χ1n) is 9.95. The Bertz CT molecular complexity index is 849. The molecule has 2 aromatic carbocycles. The lowest BCUT2D eigenvalue weighted by Gasteiger charge is -2.20. The Labute approximate surface area is 196 Å². The third kappa shape index (κ3) is 9.56. The molecule has 0 saturated carbocycles. The van der Waals surface area contributed by atoms with Crippen molar-refractivity contribution in [3.05, 3.63) is 71.0 Å². The maximum absolute atomic E-state index is 13.3. The van der Waals surface area contributed by atoms with Crippen LogP contribution in [0.2, 0.25) is 0 Å². The van der Waals surface area contributed by atoms with Gasteiger partial charge in [-0.05, 0) is 69.5 Å². The van der Waals surface area contributed by atoms with Gasteiger partial charge in [-0.25, -0.2) is 9.38 Å². The van der Waals surface area contributed by atoms with Crippen LogP contribution in [0.25, 0.3) is 0 Å². The summed E-state index contributed by atoms with van der Waals surface area (Å²) in [5, 5.41) is 9.44. The average Bonchev–Trinajstić information content (AvgIpc) is 2.65. The molecule has 0 bridgehead atoms. The summed E-state index contributed by atoms with van der Waals surface area (Å²) in [6.07, 6.45) is 0.699. The third-order valence-corrected chi connectivity index (χ3v) is 4.04. The van der Waals surface area contributed by atoms with Crippen molar-refractivity contribution in [1.29, 1.82) is 0 Å². The largest absolute Gasteiger partial charge is 0.357 e. The zero-order valence-electron chi connectivity index (χ0n) is 18.1. The van der Waals surface area contributed by atoms with Crippen LogP contribution < -0.4 is 16.0 Å². The van der Waals surface area contributed by atoms with E-state index in [9.17, 15) is 9.18 Å². The Hall–Kier alpha value is -2.16. The second kappa shape index (κ2) is 12.5. The molecule has 0 aliphatic carbocycles. The van der Waals surface area contributed by atoms with E-state index >= 15 is 0 Å². The number of hydrogen-bond acceptors (Lipinski definition) is 2. The van der Waals surface area contributed by atoms with Crippen LogP contribution in [-0.2, 0) is 13.0 Å². The van der Waals surface area contributed by atoms with Crippen molar-refractivity contribution >= 4 is 35.8 Å². The van der Waals surface area contributed by atoms with E-state index in [1.54, 1.807) is 18.2 Å². The topological polar surface area (TPSA) is 65.5 Å². The Morgan fingerprint density at radius 2 is 1.73 bits per heavy atom. The molecular weight excluding hydrogens is 494 g/mol. The first-order valence-corrected chi connectivity index (χ1v) is 9.95. The van der Waals surface area contributed by atoms with Gasteiger partial charge in [0.1, 0.15) is 5.82 Å². The second-order valence-corrected chi connectivity index (χ2v) is 7.91. The lowest BCUT2D eigenvalue weighted by Crippen LogP contribution is -2.40. The highest BCUT2D eigenvalue weighted by Crippen LogP contribution is 2.09. The third-order valence-electron chi connectivity index (χ3n) is 4.04. The van der Waals surface area contributed by atoms with Gasteiger partial charge in [0.05, 0.1) is 6.54 Å². The number of hydrogen-bond donors (Lipinski definition) is 3. The Morgan fingerprint density at radius 3 is 2.40 bits per heavy atom. The second-order valence-electron chi connectivity index (χ2n) is 7.91. The molecule has 0 aliphatic heterocycles. The van der Waals surface area contributed by atoms with Gasteiger partial charge in [0.25, 0.3) is 5.91 Å². The molecule has 0 aliphatic rings. The number of guanidine groups is 1. The lowest BCUT2D eigenvalue weighted by atomic mass is 10.1. The van der Waals surface area contributed by atoms with Crippen molar-refractivity contribution in [2.45, 2.75) is 46.2 Å². The standard InChI is InChI=1S/C23H31FN4O.HI/c1-5-25-22(26-13-12-17-8-7-11-20(24)15-17)27-16-18-9-6-10-19(14-18)21(29)28-23(2,3)4;/h6-11,14-15H,5,12-13,16H2,1-4H3,(H,28,29)(H2,25,26,27);1H. The van der Waals surface area contributed by atoms with Crippen molar-refractivity contribution in [2.24, 2.45) is 4.99 Å². The van der Waals surface area contributed by atoms with Crippen LogP contribution in [0.4, 0.5) is 4.39 Å². The fourth-order valence-corrected chi connectivity index (χ4v) is 2.75. The molecule has 0 aromatic heterocycles. The molecule has 2 rings (SSSR count). The van der Waals surface area contributed by atoms with E-state index in [-0.39, 0.29) is 41.2 Å². The van der Waals surface area contributed by atoms with E-state index in [4.69, 9.17) is 0 Å². The van der Waals surface area contributed by atoms with E-state index in [2.05, 4.69) is 20.9 Å². The summed E-state index contributed by atoms with van der Waals surface area (Å²) in [5.74, 6) is 0.371. The molecule has 3 N–H and O–H groups in total. The summed E-state index contributed by atoms with van der Waals surface area (Å²) < 4.78 is 13.3. The zero-order valence-corrected chi connectivity index (χ0v) is 20.4. The summed E-state index contributed by atoms with van der Waals surface area (Å²) in [6.45, 7) is 9.70. The highest BCUT2D eigenvalue weighted by atomic mass is 127. The van der Waals surface area contributed by atoms with Crippen molar-refractivity contribution < 1.29 is 9.18 Å². The molecule has 0 unspecified atom stereocenters. The molecule has 164 valence electrons. The monoisotopic (exact) mass is 526 g/mol. The van der Waals surface area contributed by atoms with Crippen LogP contribution in [-0.4, -0.2) is 30.5 Å². The number of benzene rings is 2. The Kier molecular flexibility index (Phi) is 10.8. The minimum atomic E-state index is -0.283. The van der Waals surface area contributed by atoms with Crippen molar-refractivity contribution in [2.75, 3.05) is 13.1 Å². The molecule has 7 heteroatoms. The molecule has 2 aromatic rings. The quantitative estimate of drug-likeness (QED) is 0.287. The normalized spacial score (nSPS) is 11.4. The highest BCUT2D eigenvalue weighted by Gasteiger charge is 2.15. The van der Waals surface area contributed by atoms with Crippen LogP contribution in [0.5, 0.6) is 0 Å². The van der Waals surface area contributed by atoms with E-state index in [1.165, 1.54) is 6.07 Å². The lowest BCUT2D eigenvalue weighted by molar-refractivity contribution is 0.0919. The molecular formula is C23H32FIN4O. The predicted molar refractivity (Wildman–Crippen MR) is 132 cm³/mol. The highest BCUT2D eigenvalue weighted by molar-refractivity contribution is 14.0. The number of rotatable bonds is 7. The van der Waals surface area contributed by atoms with Crippen LogP contribution in [0.3, 0.4) is 0 Å². The first-order chi connectivity index (χ1) is 13.8. The zero-order chi connectivity index (χ0) is 21.3. The minimum Gasteiger partial charge on any atom is -0.357 e. The predicted octanol–water partition coefficient (Wildman–Crippen LogP) is 4.27. The molecule has 0 fully saturated rings.